The zero-order valence-electron chi connectivity index (χ0n) is 11.5. The van der Waals surface area contributed by atoms with Gasteiger partial charge in [0.25, 0.3) is 0 Å². The van der Waals surface area contributed by atoms with E-state index >= 15 is 0 Å². The van der Waals surface area contributed by atoms with E-state index in [1.807, 2.05) is 0 Å². The molecule has 1 atom stereocenters. The zero-order chi connectivity index (χ0) is 13.1. The first kappa shape index (κ1) is 14.6. The Morgan fingerprint density at radius 1 is 1.35 bits per heavy atom. The standard InChI is InChI=1S/C15H23BrO/c1-11(2)15(4,10-16)9-13-8-12(3)6-7-14(13)17-5/h6-8,11H,9-10H2,1-5H3. The average molecular weight is 299 g/mol. The quantitative estimate of drug-likeness (QED) is 0.722. The predicted molar refractivity (Wildman–Crippen MR) is 78.2 cm³/mol. The molecule has 0 aliphatic rings. The number of hydrogen-bond donors (Lipinski definition) is 0. The molecule has 0 aromatic heterocycles. The molecule has 1 nitrogen and oxygen atoms in total. The van der Waals surface area contributed by atoms with Crippen LogP contribution in [0.1, 0.15) is 31.9 Å². The van der Waals surface area contributed by atoms with E-state index in [0.717, 1.165) is 17.5 Å². The molecule has 2 heteroatoms. The van der Waals surface area contributed by atoms with Gasteiger partial charge in [-0.2, -0.15) is 0 Å². The molecular formula is C15H23BrO. The Bertz CT molecular complexity index is 373. The molecule has 96 valence electrons. The van der Waals surface area contributed by atoms with E-state index in [-0.39, 0.29) is 5.41 Å². The first-order chi connectivity index (χ1) is 7.92. The monoisotopic (exact) mass is 298 g/mol. The highest BCUT2D eigenvalue weighted by Gasteiger charge is 2.28. The van der Waals surface area contributed by atoms with Crippen molar-refractivity contribution in [2.24, 2.45) is 11.3 Å². The van der Waals surface area contributed by atoms with Crippen LogP contribution in [-0.2, 0) is 6.42 Å². The number of methoxy groups -OCH3 is 1. The summed E-state index contributed by atoms with van der Waals surface area (Å²) in [7, 11) is 1.75. The SMILES string of the molecule is COc1ccc(C)cc1CC(C)(CBr)C(C)C. The highest BCUT2D eigenvalue weighted by atomic mass is 79.9. The summed E-state index contributed by atoms with van der Waals surface area (Å²) in [6, 6.07) is 6.41. The van der Waals surface area contributed by atoms with E-state index in [9.17, 15) is 0 Å². The summed E-state index contributed by atoms with van der Waals surface area (Å²) >= 11 is 3.65. The topological polar surface area (TPSA) is 9.23 Å². The van der Waals surface area contributed by atoms with Gasteiger partial charge in [-0.1, -0.05) is 54.4 Å². The molecule has 0 saturated heterocycles. The second-order valence-electron chi connectivity index (χ2n) is 5.43. The number of alkyl halides is 1. The van der Waals surface area contributed by atoms with Gasteiger partial charge in [0.1, 0.15) is 5.75 Å². The molecule has 1 aromatic carbocycles. The van der Waals surface area contributed by atoms with Crippen LogP contribution in [0.2, 0.25) is 0 Å². The van der Waals surface area contributed by atoms with Crippen molar-refractivity contribution in [1.82, 2.24) is 0 Å². The predicted octanol–water partition coefficient (Wildman–Crippen LogP) is 4.60. The summed E-state index contributed by atoms with van der Waals surface area (Å²) in [5.41, 5.74) is 2.87. The maximum Gasteiger partial charge on any atom is 0.122 e. The van der Waals surface area contributed by atoms with Crippen molar-refractivity contribution in [2.75, 3.05) is 12.4 Å². The van der Waals surface area contributed by atoms with Crippen molar-refractivity contribution in [2.45, 2.75) is 34.1 Å². The molecule has 0 bridgehead atoms. The second kappa shape index (κ2) is 5.90. The normalized spacial score (nSPS) is 14.8. The van der Waals surface area contributed by atoms with Crippen LogP contribution in [0.15, 0.2) is 18.2 Å². The van der Waals surface area contributed by atoms with Gasteiger partial charge in [-0.15, -0.1) is 0 Å². The summed E-state index contributed by atoms with van der Waals surface area (Å²) in [5, 5.41) is 1.01. The van der Waals surface area contributed by atoms with E-state index in [1.165, 1.54) is 11.1 Å². The highest BCUT2D eigenvalue weighted by molar-refractivity contribution is 9.09. The van der Waals surface area contributed by atoms with Gasteiger partial charge in [-0.3, -0.25) is 0 Å². The summed E-state index contributed by atoms with van der Waals surface area (Å²) in [4.78, 5) is 0. The minimum absolute atomic E-state index is 0.265. The van der Waals surface area contributed by atoms with Crippen LogP contribution < -0.4 is 4.74 Å². The lowest BCUT2D eigenvalue weighted by atomic mass is 9.76. The maximum atomic E-state index is 5.46. The van der Waals surface area contributed by atoms with E-state index in [4.69, 9.17) is 4.74 Å². The summed E-state index contributed by atoms with van der Waals surface area (Å²) in [6.07, 6.45) is 1.04. The smallest absolute Gasteiger partial charge is 0.122 e. The number of ether oxygens (including phenoxy) is 1. The molecule has 0 aliphatic carbocycles. The van der Waals surface area contributed by atoms with E-state index in [2.05, 4.69) is 61.8 Å². The number of hydrogen-bond acceptors (Lipinski definition) is 1. The van der Waals surface area contributed by atoms with Crippen molar-refractivity contribution in [3.8, 4) is 5.75 Å². The average Bonchev–Trinajstić information content (AvgIpc) is 2.29. The van der Waals surface area contributed by atoms with E-state index in [0.29, 0.717) is 5.92 Å². The lowest BCUT2D eigenvalue weighted by Gasteiger charge is -2.32. The first-order valence-corrected chi connectivity index (χ1v) is 7.24. The molecule has 0 fully saturated rings. The second-order valence-corrected chi connectivity index (χ2v) is 6.00. The molecule has 0 radical (unpaired) electrons. The van der Waals surface area contributed by atoms with Gasteiger partial charge in [0.2, 0.25) is 0 Å². The van der Waals surface area contributed by atoms with Gasteiger partial charge >= 0.3 is 0 Å². The van der Waals surface area contributed by atoms with Gasteiger partial charge in [-0.05, 0) is 36.3 Å². The van der Waals surface area contributed by atoms with Gasteiger partial charge < -0.3 is 4.74 Å². The Morgan fingerprint density at radius 3 is 2.47 bits per heavy atom. The van der Waals surface area contributed by atoms with Gasteiger partial charge in [0, 0.05) is 5.33 Å². The van der Waals surface area contributed by atoms with Crippen LogP contribution >= 0.6 is 15.9 Å². The molecule has 0 N–H and O–H groups in total. The van der Waals surface area contributed by atoms with Crippen LogP contribution in [0.4, 0.5) is 0 Å². The molecule has 17 heavy (non-hydrogen) atoms. The lowest BCUT2D eigenvalue weighted by molar-refractivity contribution is 0.254. The third-order valence-electron chi connectivity index (χ3n) is 3.73. The van der Waals surface area contributed by atoms with Gasteiger partial charge in [0.05, 0.1) is 7.11 Å². The Balaban J connectivity index is 3.04. The fourth-order valence-electron chi connectivity index (χ4n) is 1.89. The molecule has 0 spiro atoms. The first-order valence-electron chi connectivity index (χ1n) is 6.12. The van der Waals surface area contributed by atoms with Gasteiger partial charge in [-0.25, -0.2) is 0 Å². The van der Waals surface area contributed by atoms with Crippen LogP contribution in [-0.4, -0.2) is 12.4 Å². The molecule has 1 unspecified atom stereocenters. The molecular weight excluding hydrogens is 276 g/mol. The maximum absolute atomic E-state index is 5.46. The molecule has 1 rings (SSSR count). The Labute approximate surface area is 114 Å². The Morgan fingerprint density at radius 2 is 2.00 bits per heavy atom. The number of aryl methyl sites for hydroxylation is 1. The fraction of sp³-hybridized carbons (Fsp3) is 0.600. The highest BCUT2D eigenvalue weighted by Crippen LogP contribution is 2.36. The Hall–Kier alpha value is -0.500. The van der Waals surface area contributed by atoms with E-state index < -0.39 is 0 Å². The van der Waals surface area contributed by atoms with Crippen molar-refractivity contribution in [1.29, 1.82) is 0 Å². The third-order valence-corrected chi connectivity index (χ3v) is 5.01. The number of benzene rings is 1. The largest absolute Gasteiger partial charge is 0.496 e. The molecule has 0 aliphatic heterocycles. The molecule has 0 amide bonds. The van der Waals surface area contributed by atoms with Crippen molar-refractivity contribution >= 4 is 15.9 Å². The molecule has 0 saturated carbocycles. The fourth-order valence-corrected chi connectivity index (χ4v) is 2.73. The van der Waals surface area contributed by atoms with Gasteiger partial charge in [0.15, 0.2) is 0 Å². The van der Waals surface area contributed by atoms with Crippen LogP contribution in [0.3, 0.4) is 0 Å². The van der Waals surface area contributed by atoms with Crippen molar-refractivity contribution in [3.63, 3.8) is 0 Å². The van der Waals surface area contributed by atoms with E-state index in [1.54, 1.807) is 7.11 Å². The summed E-state index contributed by atoms with van der Waals surface area (Å²) in [5.74, 6) is 1.63. The van der Waals surface area contributed by atoms with Crippen LogP contribution in [0.25, 0.3) is 0 Å². The summed E-state index contributed by atoms with van der Waals surface area (Å²) in [6.45, 7) is 9.02. The van der Waals surface area contributed by atoms with Crippen molar-refractivity contribution < 1.29 is 4.74 Å². The minimum Gasteiger partial charge on any atom is -0.496 e. The number of rotatable bonds is 5. The molecule has 1 aromatic rings. The lowest BCUT2D eigenvalue weighted by Crippen LogP contribution is -2.28. The van der Waals surface area contributed by atoms with Crippen LogP contribution in [0, 0.1) is 18.3 Å². The third kappa shape index (κ3) is 3.48. The Kier molecular flexibility index (Phi) is 5.05. The minimum atomic E-state index is 0.265. The zero-order valence-corrected chi connectivity index (χ0v) is 13.1. The van der Waals surface area contributed by atoms with Crippen molar-refractivity contribution in [3.05, 3.63) is 29.3 Å². The summed E-state index contributed by atoms with van der Waals surface area (Å²) < 4.78 is 5.46. The number of halogens is 1. The molecule has 0 heterocycles. The van der Waals surface area contributed by atoms with Crippen LogP contribution in [0.5, 0.6) is 5.75 Å².